The zero-order chi connectivity index (χ0) is 19.2. The summed E-state index contributed by atoms with van der Waals surface area (Å²) < 4.78 is 5.11. The van der Waals surface area contributed by atoms with E-state index in [0.29, 0.717) is 32.4 Å². The molecular weight excluding hydrogens is 346 g/mol. The Balaban J connectivity index is 1.36. The van der Waals surface area contributed by atoms with E-state index in [0.717, 1.165) is 11.9 Å². The summed E-state index contributed by atoms with van der Waals surface area (Å²) >= 11 is 0. The third-order valence-electron chi connectivity index (χ3n) is 5.11. The molecule has 0 radical (unpaired) electrons. The zero-order valence-corrected chi connectivity index (χ0v) is 15.3. The SMILES string of the molecule is NC(=O)C1CCN(C(=O)COC(=O)CCCc2c[nH]c3ccccc23)CC1. The first kappa shape index (κ1) is 18.9. The van der Waals surface area contributed by atoms with Crippen LogP contribution in [0.2, 0.25) is 0 Å². The van der Waals surface area contributed by atoms with E-state index in [-0.39, 0.29) is 36.7 Å². The molecular formula is C20H25N3O4. The molecule has 1 aromatic heterocycles. The van der Waals surface area contributed by atoms with E-state index < -0.39 is 0 Å². The molecule has 1 saturated heterocycles. The number of aromatic nitrogens is 1. The highest BCUT2D eigenvalue weighted by atomic mass is 16.5. The highest BCUT2D eigenvalue weighted by Gasteiger charge is 2.26. The Labute approximate surface area is 157 Å². The molecule has 2 amide bonds. The lowest BCUT2D eigenvalue weighted by Gasteiger charge is -2.30. The molecule has 1 aromatic carbocycles. The van der Waals surface area contributed by atoms with Crippen molar-refractivity contribution >= 4 is 28.7 Å². The highest BCUT2D eigenvalue weighted by molar-refractivity contribution is 5.83. The number of carbonyl (C=O) groups excluding carboxylic acids is 3. The van der Waals surface area contributed by atoms with Crippen molar-refractivity contribution in [2.45, 2.75) is 32.1 Å². The number of piperidine rings is 1. The van der Waals surface area contributed by atoms with Crippen LogP contribution in [0.25, 0.3) is 10.9 Å². The number of amides is 2. The van der Waals surface area contributed by atoms with Gasteiger partial charge in [-0.15, -0.1) is 0 Å². The van der Waals surface area contributed by atoms with E-state index in [9.17, 15) is 14.4 Å². The average molecular weight is 371 g/mol. The molecule has 0 saturated carbocycles. The molecule has 2 heterocycles. The first-order valence-corrected chi connectivity index (χ1v) is 9.32. The summed E-state index contributed by atoms with van der Waals surface area (Å²) in [5.41, 5.74) is 7.54. The van der Waals surface area contributed by atoms with Crippen LogP contribution >= 0.6 is 0 Å². The molecule has 0 spiro atoms. The van der Waals surface area contributed by atoms with Crippen LogP contribution in [0, 0.1) is 5.92 Å². The number of nitrogens with zero attached hydrogens (tertiary/aromatic N) is 1. The van der Waals surface area contributed by atoms with Gasteiger partial charge in [0, 0.05) is 42.5 Å². The van der Waals surface area contributed by atoms with Gasteiger partial charge in [0.2, 0.25) is 5.91 Å². The maximum atomic E-state index is 12.1. The molecule has 3 rings (SSSR count). The minimum Gasteiger partial charge on any atom is -0.456 e. The summed E-state index contributed by atoms with van der Waals surface area (Å²) in [6.07, 6.45) is 4.82. The predicted octanol–water partition coefficient (Wildman–Crippen LogP) is 1.76. The van der Waals surface area contributed by atoms with Crippen molar-refractivity contribution in [1.29, 1.82) is 0 Å². The summed E-state index contributed by atoms with van der Waals surface area (Å²) in [5.74, 6) is -1.07. The van der Waals surface area contributed by atoms with Crippen LogP contribution in [0.15, 0.2) is 30.5 Å². The van der Waals surface area contributed by atoms with Crippen LogP contribution in [-0.2, 0) is 25.5 Å². The third-order valence-corrected chi connectivity index (χ3v) is 5.11. The number of fused-ring (bicyclic) bond motifs is 1. The Morgan fingerprint density at radius 3 is 2.67 bits per heavy atom. The number of carbonyl (C=O) groups is 3. The third kappa shape index (κ3) is 4.87. The lowest BCUT2D eigenvalue weighted by atomic mass is 9.96. The predicted molar refractivity (Wildman–Crippen MR) is 101 cm³/mol. The molecule has 0 bridgehead atoms. The van der Waals surface area contributed by atoms with Gasteiger partial charge >= 0.3 is 5.97 Å². The Bertz CT molecular complexity index is 821. The Morgan fingerprint density at radius 1 is 1.19 bits per heavy atom. The molecule has 0 atom stereocenters. The minimum atomic E-state index is -0.366. The summed E-state index contributed by atoms with van der Waals surface area (Å²) in [7, 11) is 0. The van der Waals surface area contributed by atoms with Gasteiger partial charge in [0.1, 0.15) is 0 Å². The van der Waals surface area contributed by atoms with Gasteiger partial charge in [0.15, 0.2) is 6.61 Å². The highest BCUT2D eigenvalue weighted by Crippen LogP contribution is 2.20. The molecule has 2 aromatic rings. The molecule has 27 heavy (non-hydrogen) atoms. The molecule has 1 aliphatic heterocycles. The van der Waals surface area contributed by atoms with Crippen molar-refractivity contribution in [3.05, 3.63) is 36.0 Å². The first-order valence-electron chi connectivity index (χ1n) is 9.32. The number of benzene rings is 1. The van der Waals surface area contributed by atoms with E-state index >= 15 is 0 Å². The standard InChI is InChI=1S/C20H25N3O4/c21-20(26)14-8-10-23(11-9-14)18(24)13-27-19(25)7-3-4-15-12-22-17-6-2-1-5-16(15)17/h1-2,5-6,12,14,22H,3-4,7-11,13H2,(H2,21,26). The Hall–Kier alpha value is -2.83. The van der Waals surface area contributed by atoms with Crippen molar-refractivity contribution in [2.24, 2.45) is 11.7 Å². The molecule has 3 N–H and O–H groups in total. The summed E-state index contributed by atoms with van der Waals surface area (Å²) in [6.45, 7) is 0.711. The Kier molecular flexibility index (Phi) is 6.11. The normalized spacial score (nSPS) is 15.0. The van der Waals surface area contributed by atoms with E-state index in [2.05, 4.69) is 11.1 Å². The topological polar surface area (TPSA) is 105 Å². The largest absolute Gasteiger partial charge is 0.456 e. The number of nitrogens with one attached hydrogen (secondary N) is 1. The van der Waals surface area contributed by atoms with Crippen LogP contribution < -0.4 is 5.73 Å². The van der Waals surface area contributed by atoms with Crippen molar-refractivity contribution in [3.8, 4) is 0 Å². The number of esters is 1. The van der Waals surface area contributed by atoms with E-state index in [1.54, 1.807) is 4.90 Å². The second kappa shape index (κ2) is 8.70. The van der Waals surface area contributed by atoms with Crippen LogP contribution in [0.4, 0.5) is 0 Å². The number of ether oxygens (including phenoxy) is 1. The quantitative estimate of drug-likeness (QED) is 0.723. The lowest BCUT2D eigenvalue weighted by molar-refractivity contribution is -0.152. The number of hydrogen-bond donors (Lipinski definition) is 2. The molecule has 0 unspecified atom stereocenters. The number of aryl methyl sites for hydroxylation is 1. The summed E-state index contributed by atoms with van der Waals surface area (Å²) in [5, 5.41) is 1.17. The molecule has 7 heteroatoms. The van der Waals surface area contributed by atoms with Gasteiger partial charge in [-0.3, -0.25) is 14.4 Å². The fourth-order valence-electron chi connectivity index (χ4n) is 3.48. The van der Waals surface area contributed by atoms with Crippen LogP contribution in [0.5, 0.6) is 0 Å². The first-order chi connectivity index (χ1) is 13.0. The maximum absolute atomic E-state index is 12.1. The average Bonchev–Trinajstić information content (AvgIpc) is 3.09. The van der Waals surface area contributed by atoms with E-state index in [4.69, 9.17) is 10.5 Å². The minimum absolute atomic E-state index is 0.166. The number of rotatable bonds is 7. The zero-order valence-electron chi connectivity index (χ0n) is 15.3. The van der Waals surface area contributed by atoms with Crippen LogP contribution in [-0.4, -0.2) is 47.4 Å². The van der Waals surface area contributed by atoms with E-state index in [1.165, 1.54) is 10.9 Å². The van der Waals surface area contributed by atoms with Gasteiger partial charge in [0.25, 0.3) is 5.91 Å². The number of hydrogen-bond acceptors (Lipinski definition) is 4. The van der Waals surface area contributed by atoms with Gasteiger partial charge in [0.05, 0.1) is 0 Å². The number of likely N-dealkylation sites (tertiary alicyclic amines) is 1. The fraction of sp³-hybridized carbons (Fsp3) is 0.450. The molecule has 144 valence electrons. The summed E-state index contributed by atoms with van der Waals surface area (Å²) in [4.78, 5) is 40.0. The van der Waals surface area contributed by atoms with Crippen LogP contribution in [0.1, 0.15) is 31.2 Å². The maximum Gasteiger partial charge on any atom is 0.306 e. The van der Waals surface area contributed by atoms with Gasteiger partial charge in [-0.1, -0.05) is 18.2 Å². The van der Waals surface area contributed by atoms with Crippen molar-refractivity contribution in [1.82, 2.24) is 9.88 Å². The number of para-hydroxylation sites is 1. The van der Waals surface area contributed by atoms with Gasteiger partial charge in [-0.05, 0) is 37.3 Å². The monoisotopic (exact) mass is 371 g/mol. The van der Waals surface area contributed by atoms with Gasteiger partial charge in [-0.2, -0.15) is 0 Å². The lowest BCUT2D eigenvalue weighted by Crippen LogP contribution is -2.43. The number of H-pyrrole nitrogens is 1. The molecule has 1 aliphatic rings. The smallest absolute Gasteiger partial charge is 0.306 e. The number of primary amides is 1. The van der Waals surface area contributed by atoms with Crippen molar-refractivity contribution < 1.29 is 19.1 Å². The van der Waals surface area contributed by atoms with Gasteiger partial charge in [-0.25, -0.2) is 0 Å². The molecule has 0 aliphatic carbocycles. The summed E-state index contributed by atoms with van der Waals surface area (Å²) in [6, 6.07) is 8.05. The van der Waals surface area contributed by atoms with Crippen molar-refractivity contribution in [3.63, 3.8) is 0 Å². The van der Waals surface area contributed by atoms with Crippen molar-refractivity contribution in [2.75, 3.05) is 19.7 Å². The van der Waals surface area contributed by atoms with Crippen LogP contribution in [0.3, 0.4) is 0 Å². The Morgan fingerprint density at radius 2 is 1.93 bits per heavy atom. The number of aromatic amines is 1. The second-order valence-corrected chi connectivity index (χ2v) is 6.93. The van der Waals surface area contributed by atoms with E-state index in [1.807, 2.05) is 24.4 Å². The molecule has 1 fully saturated rings. The van der Waals surface area contributed by atoms with Gasteiger partial charge < -0.3 is 20.4 Å². The number of nitrogens with two attached hydrogens (primary N) is 1. The fourth-order valence-corrected chi connectivity index (χ4v) is 3.48. The second-order valence-electron chi connectivity index (χ2n) is 6.93. The molecule has 7 nitrogen and oxygen atoms in total.